The second kappa shape index (κ2) is 7.17. The third-order valence-corrected chi connectivity index (χ3v) is 3.77. The quantitative estimate of drug-likeness (QED) is 0.777. The topological polar surface area (TPSA) is 73.2 Å². The van der Waals surface area contributed by atoms with E-state index in [1.54, 1.807) is 37.3 Å². The van der Waals surface area contributed by atoms with Gasteiger partial charge < -0.3 is 10.1 Å². The van der Waals surface area contributed by atoms with E-state index >= 15 is 0 Å². The molecule has 0 saturated heterocycles. The largest absolute Gasteiger partial charge is 0.494 e. The van der Waals surface area contributed by atoms with Crippen LogP contribution in [0.4, 0.5) is 5.69 Å². The number of rotatable bonds is 5. The summed E-state index contributed by atoms with van der Waals surface area (Å²) >= 11 is 0. The molecule has 1 amide bonds. The molecule has 0 atom stereocenters. The first-order valence-electron chi connectivity index (χ1n) is 8.07. The number of fused-ring (bicyclic) bond motifs is 1. The summed E-state index contributed by atoms with van der Waals surface area (Å²) in [5.41, 5.74) is 2.08. The zero-order valence-corrected chi connectivity index (χ0v) is 14.2. The Morgan fingerprint density at radius 3 is 2.60 bits per heavy atom. The van der Waals surface area contributed by atoms with Crippen molar-refractivity contribution in [1.82, 2.24) is 9.55 Å². The van der Waals surface area contributed by atoms with Gasteiger partial charge in [0.25, 0.3) is 5.56 Å². The van der Waals surface area contributed by atoms with Gasteiger partial charge in [-0.05, 0) is 50.2 Å². The number of carbonyl (C=O) groups is 1. The van der Waals surface area contributed by atoms with E-state index in [4.69, 9.17) is 4.74 Å². The summed E-state index contributed by atoms with van der Waals surface area (Å²) in [5, 5.41) is 2.80. The van der Waals surface area contributed by atoms with Crippen LogP contribution in [0.1, 0.15) is 12.6 Å². The van der Waals surface area contributed by atoms with Gasteiger partial charge in [0.2, 0.25) is 5.91 Å². The minimum atomic E-state index is -0.276. The monoisotopic (exact) mass is 337 g/mol. The van der Waals surface area contributed by atoms with Crippen LogP contribution in [0.25, 0.3) is 11.0 Å². The Morgan fingerprint density at radius 1 is 1.16 bits per heavy atom. The molecule has 0 aliphatic heterocycles. The van der Waals surface area contributed by atoms with Crippen LogP contribution in [0.3, 0.4) is 0 Å². The minimum Gasteiger partial charge on any atom is -0.494 e. The molecule has 3 rings (SSSR count). The van der Waals surface area contributed by atoms with E-state index in [1.807, 2.05) is 25.1 Å². The molecule has 0 bridgehead atoms. The minimum absolute atomic E-state index is 0.0735. The van der Waals surface area contributed by atoms with Gasteiger partial charge in [-0.1, -0.05) is 12.1 Å². The Balaban J connectivity index is 1.82. The predicted octanol–water partition coefficient (Wildman–Crippen LogP) is 2.74. The molecule has 0 aliphatic carbocycles. The Morgan fingerprint density at radius 2 is 1.88 bits per heavy atom. The van der Waals surface area contributed by atoms with Crippen LogP contribution >= 0.6 is 0 Å². The van der Waals surface area contributed by atoms with Gasteiger partial charge in [-0.3, -0.25) is 14.2 Å². The van der Waals surface area contributed by atoms with E-state index in [-0.39, 0.29) is 18.0 Å². The number of nitrogens with zero attached hydrogens (tertiary/aromatic N) is 2. The third kappa shape index (κ3) is 3.68. The number of para-hydroxylation sites is 2. The lowest BCUT2D eigenvalue weighted by atomic mass is 10.2. The molecule has 0 spiro atoms. The number of amides is 1. The smallest absolute Gasteiger partial charge is 0.272 e. The van der Waals surface area contributed by atoms with Crippen molar-refractivity contribution in [2.24, 2.45) is 0 Å². The molecule has 1 N–H and O–H groups in total. The molecular formula is C19H19N3O3. The standard InChI is InChI=1S/C19H19N3O3/c1-3-25-15-10-8-14(9-11-15)21-18(23)12-22-17-7-5-4-6-16(17)20-13(2)19(22)24/h4-11H,3,12H2,1-2H3,(H,21,23). The SMILES string of the molecule is CCOc1ccc(NC(=O)Cn2c(=O)c(C)nc3ccccc32)cc1. The highest BCUT2D eigenvalue weighted by Gasteiger charge is 2.11. The zero-order chi connectivity index (χ0) is 17.8. The summed E-state index contributed by atoms with van der Waals surface area (Å²) in [5.74, 6) is 0.467. The summed E-state index contributed by atoms with van der Waals surface area (Å²) in [6.45, 7) is 4.07. The second-order valence-electron chi connectivity index (χ2n) is 5.58. The summed E-state index contributed by atoms with van der Waals surface area (Å²) in [6, 6.07) is 14.4. The van der Waals surface area contributed by atoms with Gasteiger partial charge in [-0.25, -0.2) is 4.98 Å². The number of nitrogens with one attached hydrogen (secondary N) is 1. The maximum atomic E-state index is 12.4. The molecule has 0 saturated carbocycles. The number of hydrogen-bond acceptors (Lipinski definition) is 4. The highest BCUT2D eigenvalue weighted by Crippen LogP contribution is 2.16. The lowest BCUT2D eigenvalue weighted by molar-refractivity contribution is -0.116. The average Bonchev–Trinajstić information content (AvgIpc) is 2.61. The average molecular weight is 337 g/mol. The molecule has 128 valence electrons. The lowest BCUT2D eigenvalue weighted by Crippen LogP contribution is -2.30. The Bertz CT molecular complexity index is 962. The molecule has 6 heteroatoms. The van der Waals surface area contributed by atoms with E-state index < -0.39 is 0 Å². The predicted molar refractivity (Wildman–Crippen MR) is 97.0 cm³/mol. The molecule has 0 fully saturated rings. The lowest BCUT2D eigenvalue weighted by Gasteiger charge is -2.11. The van der Waals surface area contributed by atoms with Crippen LogP contribution in [0.2, 0.25) is 0 Å². The Labute approximate surface area is 145 Å². The van der Waals surface area contributed by atoms with Gasteiger partial charge in [0.1, 0.15) is 18.0 Å². The van der Waals surface area contributed by atoms with Crippen molar-refractivity contribution in [3.05, 3.63) is 64.6 Å². The zero-order valence-electron chi connectivity index (χ0n) is 14.2. The van der Waals surface area contributed by atoms with Crippen molar-refractivity contribution < 1.29 is 9.53 Å². The highest BCUT2D eigenvalue weighted by atomic mass is 16.5. The van der Waals surface area contributed by atoms with Crippen molar-refractivity contribution >= 4 is 22.6 Å². The number of carbonyl (C=O) groups excluding carboxylic acids is 1. The van der Waals surface area contributed by atoms with Crippen molar-refractivity contribution in [3.8, 4) is 5.75 Å². The maximum absolute atomic E-state index is 12.4. The molecule has 25 heavy (non-hydrogen) atoms. The van der Waals surface area contributed by atoms with Gasteiger partial charge >= 0.3 is 0 Å². The molecule has 6 nitrogen and oxygen atoms in total. The molecule has 0 aliphatic rings. The van der Waals surface area contributed by atoms with Crippen LogP contribution < -0.4 is 15.6 Å². The first-order valence-corrected chi connectivity index (χ1v) is 8.07. The molecule has 0 unspecified atom stereocenters. The first-order chi connectivity index (χ1) is 12.1. The van der Waals surface area contributed by atoms with Gasteiger partial charge in [0.15, 0.2) is 0 Å². The summed E-state index contributed by atoms with van der Waals surface area (Å²) in [6.07, 6.45) is 0. The van der Waals surface area contributed by atoms with Crippen LogP contribution in [0, 0.1) is 6.92 Å². The normalized spacial score (nSPS) is 10.6. The molecule has 1 heterocycles. The van der Waals surface area contributed by atoms with Gasteiger partial charge in [-0.15, -0.1) is 0 Å². The molecule has 3 aromatic rings. The van der Waals surface area contributed by atoms with Crippen LogP contribution in [0.5, 0.6) is 5.75 Å². The van der Waals surface area contributed by atoms with Crippen molar-refractivity contribution in [1.29, 1.82) is 0 Å². The number of aryl methyl sites for hydroxylation is 1. The fourth-order valence-corrected chi connectivity index (χ4v) is 2.62. The number of benzene rings is 2. The van der Waals surface area contributed by atoms with Gasteiger partial charge in [0.05, 0.1) is 17.6 Å². The molecule has 0 radical (unpaired) electrons. The number of anilines is 1. The number of ether oxygens (including phenoxy) is 1. The van der Waals surface area contributed by atoms with Crippen LogP contribution in [-0.4, -0.2) is 22.1 Å². The highest BCUT2D eigenvalue weighted by molar-refractivity contribution is 5.91. The van der Waals surface area contributed by atoms with Crippen molar-refractivity contribution in [3.63, 3.8) is 0 Å². The number of hydrogen-bond donors (Lipinski definition) is 1. The molecule has 2 aromatic carbocycles. The van der Waals surface area contributed by atoms with E-state index in [0.717, 1.165) is 5.75 Å². The van der Waals surface area contributed by atoms with E-state index in [1.165, 1.54) is 4.57 Å². The number of aromatic nitrogens is 2. The fourth-order valence-electron chi connectivity index (χ4n) is 2.62. The second-order valence-corrected chi connectivity index (χ2v) is 5.58. The Kier molecular flexibility index (Phi) is 4.79. The summed E-state index contributed by atoms with van der Waals surface area (Å²) in [7, 11) is 0. The fraction of sp³-hybridized carbons (Fsp3) is 0.211. The van der Waals surface area contributed by atoms with Gasteiger partial charge in [-0.2, -0.15) is 0 Å². The van der Waals surface area contributed by atoms with Gasteiger partial charge in [0, 0.05) is 5.69 Å². The van der Waals surface area contributed by atoms with E-state index in [0.29, 0.717) is 29.0 Å². The van der Waals surface area contributed by atoms with Crippen molar-refractivity contribution in [2.45, 2.75) is 20.4 Å². The van der Waals surface area contributed by atoms with E-state index in [2.05, 4.69) is 10.3 Å². The molecule has 1 aromatic heterocycles. The Hall–Kier alpha value is -3.15. The summed E-state index contributed by atoms with van der Waals surface area (Å²) < 4.78 is 6.82. The maximum Gasteiger partial charge on any atom is 0.272 e. The van der Waals surface area contributed by atoms with E-state index in [9.17, 15) is 9.59 Å². The molecular weight excluding hydrogens is 318 g/mol. The van der Waals surface area contributed by atoms with Crippen LogP contribution in [0.15, 0.2) is 53.3 Å². The van der Waals surface area contributed by atoms with Crippen LogP contribution in [-0.2, 0) is 11.3 Å². The summed E-state index contributed by atoms with van der Waals surface area (Å²) in [4.78, 5) is 29.0. The first kappa shape index (κ1) is 16.7. The van der Waals surface area contributed by atoms with Crippen molar-refractivity contribution in [2.75, 3.05) is 11.9 Å². The third-order valence-electron chi connectivity index (χ3n) is 3.77.